The smallest absolute Gasteiger partial charge is 0.271 e. The quantitative estimate of drug-likeness (QED) is 0.453. The number of rotatable bonds is 3. The first-order valence-electron chi connectivity index (χ1n) is 9.66. The highest BCUT2D eigenvalue weighted by Crippen LogP contribution is 2.54. The minimum atomic E-state index is -1.00. The minimum absolute atomic E-state index is 0.146. The Labute approximate surface area is 167 Å². The summed E-state index contributed by atoms with van der Waals surface area (Å²) in [6.45, 7) is 3.33. The standard InChI is InChI=1S/C21H20N4O4/c1-21-17(18(14-7-3-2-4-8-14)22-11-6-12-23(21)22)19(26)24(20(21)27)15-9-5-10-16(13-15)25(28)29/h2-5,7-10,13,17-18H,6,11-12H2,1H3. The van der Waals surface area contributed by atoms with Crippen LogP contribution in [0.3, 0.4) is 0 Å². The van der Waals surface area contributed by atoms with Crippen molar-refractivity contribution in [1.82, 2.24) is 10.0 Å². The van der Waals surface area contributed by atoms with E-state index >= 15 is 0 Å². The van der Waals surface area contributed by atoms with Crippen molar-refractivity contribution in [3.63, 3.8) is 0 Å². The Balaban J connectivity index is 1.63. The molecular weight excluding hydrogens is 372 g/mol. The van der Waals surface area contributed by atoms with E-state index in [2.05, 4.69) is 5.01 Å². The predicted octanol–water partition coefficient (Wildman–Crippen LogP) is 2.52. The van der Waals surface area contributed by atoms with Crippen LogP contribution in [0.4, 0.5) is 11.4 Å². The zero-order chi connectivity index (χ0) is 20.3. The lowest BCUT2D eigenvalue weighted by Gasteiger charge is -2.33. The van der Waals surface area contributed by atoms with Crippen molar-refractivity contribution in [1.29, 1.82) is 0 Å². The summed E-state index contributed by atoms with van der Waals surface area (Å²) >= 11 is 0. The molecule has 0 aliphatic carbocycles. The van der Waals surface area contributed by atoms with Gasteiger partial charge in [0, 0.05) is 25.2 Å². The van der Waals surface area contributed by atoms with Crippen molar-refractivity contribution in [3.05, 3.63) is 70.3 Å². The number of nitro benzene ring substituents is 1. The number of carbonyl (C=O) groups excluding carboxylic acids is 2. The maximum absolute atomic E-state index is 13.6. The third kappa shape index (κ3) is 2.33. The number of fused-ring (bicyclic) bond motifs is 3. The van der Waals surface area contributed by atoms with Crippen LogP contribution < -0.4 is 4.90 Å². The molecule has 0 bridgehead atoms. The van der Waals surface area contributed by atoms with Crippen molar-refractivity contribution in [3.8, 4) is 0 Å². The number of nitro groups is 1. The van der Waals surface area contributed by atoms with Gasteiger partial charge in [-0.3, -0.25) is 19.7 Å². The number of amides is 2. The molecule has 29 heavy (non-hydrogen) atoms. The van der Waals surface area contributed by atoms with Gasteiger partial charge in [0.1, 0.15) is 5.54 Å². The maximum atomic E-state index is 13.6. The van der Waals surface area contributed by atoms with Gasteiger partial charge < -0.3 is 0 Å². The molecule has 0 aromatic heterocycles. The maximum Gasteiger partial charge on any atom is 0.271 e. The summed E-state index contributed by atoms with van der Waals surface area (Å²) in [6.07, 6.45) is 0.921. The molecule has 3 aliphatic heterocycles. The number of benzene rings is 2. The number of imide groups is 1. The zero-order valence-electron chi connectivity index (χ0n) is 15.9. The number of hydrogen-bond donors (Lipinski definition) is 0. The van der Waals surface area contributed by atoms with E-state index in [1.807, 2.05) is 42.3 Å². The fourth-order valence-electron chi connectivity index (χ4n) is 5.15. The molecule has 3 fully saturated rings. The Morgan fingerprint density at radius 2 is 1.83 bits per heavy atom. The molecule has 0 spiro atoms. The number of anilines is 1. The molecule has 8 heteroatoms. The highest BCUT2D eigenvalue weighted by atomic mass is 16.6. The van der Waals surface area contributed by atoms with E-state index in [0.29, 0.717) is 6.54 Å². The molecule has 5 rings (SSSR count). The molecule has 3 unspecified atom stereocenters. The van der Waals surface area contributed by atoms with Gasteiger partial charge in [-0.1, -0.05) is 36.4 Å². The van der Waals surface area contributed by atoms with Crippen molar-refractivity contribution in [2.75, 3.05) is 18.0 Å². The first-order chi connectivity index (χ1) is 13.9. The van der Waals surface area contributed by atoms with Gasteiger partial charge in [0.15, 0.2) is 0 Å². The summed E-state index contributed by atoms with van der Waals surface area (Å²) in [7, 11) is 0. The van der Waals surface area contributed by atoms with Gasteiger partial charge in [0.05, 0.1) is 22.6 Å². The third-order valence-electron chi connectivity index (χ3n) is 6.41. The minimum Gasteiger partial charge on any atom is -0.274 e. The van der Waals surface area contributed by atoms with E-state index in [4.69, 9.17) is 0 Å². The van der Waals surface area contributed by atoms with E-state index in [9.17, 15) is 19.7 Å². The number of hydrazine groups is 1. The van der Waals surface area contributed by atoms with Gasteiger partial charge >= 0.3 is 0 Å². The predicted molar refractivity (Wildman–Crippen MR) is 105 cm³/mol. The van der Waals surface area contributed by atoms with Crippen molar-refractivity contribution < 1.29 is 14.5 Å². The van der Waals surface area contributed by atoms with E-state index in [1.165, 1.54) is 18.2 Å². The first-order valence-corrected chi connectivity index (χ1v) is 9.66. The molecule has 0 N–H and O–H groups in total. The van der Waals surface area contributed by atoms with Crippen LogP contribution in [0, 0.1) is 16.0 Å². The number of hydrogen-bond acceptors (Lipinski definition) is 6. The van der Waals surface area contributed by atoms with Gasteiger partial charge in [-0.05, 0) is 25.0 Å². The Kier molecular flexibility index (Phi) is 3.84. The van der Waals surface area contributed by atoms with Gasteiger partial charge in [0.25, 0.3) is 11.6 Å². The van der Waals surface area contributed by atoms with Crippen LogP contribution in [-0.4, -0.2) is 45.4 Å². The average Bonchev–Trinajstić information content (AvgIpc) is 3.35. The molecule has 8 nitrogen and oxygen atoms in total. The Hall–Kier alpha value is -3.10. The molecule has 3 saturated heterocycles. The molecule has 148 valence electrons. The molecule has 2 aromatic carbocycles. The van der Waals surface area contributed by atoms with E-state index in [0.717, 1.165) is 23.4 Å². The first kappa shape index (κ1) is 18.0. The third-order valence-corrected chi connectivity index (χ3v) is 6.41. The molecule has 0 saturated carbocycles. The fraction of sp³-hybridized carbons (Fsp3) is 0.333. The molecule has 3 atom stereocenters. The molecule has 3 aliphatic rings. The second-order valence-corrected chi connectivity index (χ2v) is 7.88. The van der Waals surface area contributed by atoms with E-state index in [1.54, 1.807) is 6.07 Å². The Morgan fingerprint density at radius 3 is 2.55 bits per heavy atom. The molecule has 3 heterocycles. The normalized spacial score (nSPS) is 29.3. The van der Waals surface area contributed by atoms with Crippen LogP contribution in [0.1, 0.15) is 24.9 Å². The summed E-state index contributed by atoms with van der Waals surface area (Å²) in [4.78, 5) is 39.0. The molecule has 0 radical (unpaired) electrons. The Bertz CT molecular complexity index is 1030. The number of non-ortho nitro benzene ring substituents is 1. The zero-order valence-corrected chi connectivity index (χ0v) is 15.9. The van der Waals surface area contributed by atoms with E-state index < -0.39 is 16.4 Å². The van der Waals surface area contributed by atoms with E-state index in [-0.39, 0.29) is 29.2 Å². The van der Waals surface area contributed by atoms with Crippen molar-refractivity contribution >= 4 is 23.2 Å². The lowest BCUT2D eigenvalue weighted by molar-refractivity contribution is -0.384. The summed E-state index contributed by atoms with van der Waals surface area (Å²) in [6, 6.07) is 15.3. The average molecular weight is 392 g/mol. The van der Waals surface area contributed by atoms with Crippen LogP contribution in [0.15, 0.2) is 54.6 Å². The van der Waals surface area contributed by atoms with Crippen LogP contribution in [0.2, 0.25) is 0 Å². The van der Waals surface area contributed by atoms with Gasteiger partial charge in [-0.15, -0.1) is 0 Å². The van der Waals surface area contributed by atoms with Crippen LogP contribution in [-0.2, 0) is 9.59 Å². The lowest BCUT2D eigenvalue weighted by atomic mass is 9.81. The number of carbonyl (C=O) groups is 2. The van der Waals surface area contributed by atoms with Crippen molar-refractivity contribution in [2.45, 2.75) is 24.9 Å². The summed E-state index contributed by atoms with van der Waals surface area (Å²) < 4.78 is 0. The van der Waals surface area contributed by atoms with Gasteiger partial charge in [-0.2, -0.15) is 0 Å². The monoisotopic (exact) mass is 392 g/mol. The van der Waals surface area contributed by atoms with Crippen LogP contribution in [0.5, 0.6) is 0 Å². The molecule has 2 aromatic rings. The molecular formula is C21H20N4O4. The van der Waals surface area contributed by atoms with Crippen molar-refractivity contribution in [2.24, 2.45) is 5.92 Å². The second-order valence-electron chi connectivity index (χ2n) is 7.88. The van der Waals surface area contributed by atoms with Crippen LogP contribution in [0.25, 0.3) is 0 Å². The summed E-state index contributed by atoms with van der Waals surface area (Å²) in [5.74, 6) is -1.20. The Morgan fingerprint density at radius 1 is 1.07 bits per heavy atom. The lowest BCUT2D eigenvalue weighted by Crippen LogP contribution is -2.52. The fourth-order valence-corrected chi connectivity index (χ4v) is 5.15. The highest BCUT2D eigenvalue weighted by Gasteiger charge is 2.70. The second kappa shape index (κ2) is 6.20. The summed E-state index contributed by atoms with van der Waals surface area (Å²) in [5, 5.41) is 15.4. The summed E-state index contributed by atoms with van der Waals surface area (Å²) in [5.41, 5.74) is 0.101. The topological polar surface area (TPSA) is 87.0 Å². The van der Waals surface area contributed by atoms with Gasteiger partial charge in [-0.25, -0.2) is 14.9 Å². The van der Waals surface area contributed by atoms with Crippen LogP contribution >= 0.6 is 0 Å². The number of nitrogens with zero attached hydrogens (tertiary/aromatic N) is 4. The molecule has 2 amide bonds. The van der Waals surface area contributed by atoms with Gasteiger partial charge in [0.2, 0.25) is 5.91 Å². The highest BCUT2D eigenvalue weighted by molar-refractivity contribution is 6.26. The largest absolute Gasteiger partial charge is 0.274 e. The SMILES string of the molecule is CC12C(=O)N(c3cccc([N+](=O)[O-])c3)C(=O)C1C(c1ccccc1)N1CCCN12.